The van der Waals surface area contributed by atoms with Gasteiger partial charge in [-0.3, -0.25) is 0 Å². The van der Waals surface area contributed by atoms with Gasteiger partial charge in [0, 0.05) is 6.04 Å². The van der Waals surface area contributed by atoms with E-state index in [-0.39, 0.29) is 0 Å². The molecule has 2 aromatic carbocycles. The molecular weight excluding hydrogens is 242 g/mol. The average molecular weight is 267 g/mol. The summed E-state index contributed by atoms with van der Waals surface area (Å²) in [5, 5.41) is 3.46. The molecule has 2 rings (SSSR count). The van der Waals surface area contributed by atoms with Gasteiger partial charge in [-0.1, -0.05) is 54.6 Å². The fourth-order valence-electron chi connectivity index (χ4n) is 2.65. The van der Waals surface area contributed by atoms with Gasteiger partial charge in [0.25, 0.3) is 0 Å². The maximum absolute atomic E-state index is 3.46. The third-order valence-corrected chi connectivity index (χ3v) is 4.00. The zero-order valence-electron chi connectivity index (χ0n) is 12.6. The summed E-state index contributed by atoms with van der Waals surface area (Å²) in [4.78, 5) is 0. The summed E-state index contributed by atoms with van der Waals surface area (Å²) in [6.07, 6.45) is 4.76. The number of rotatable bonds is 7. The first kappa shape index (κ1) is 14.8. The molecule has 2 aromatic rings. The van der Waals surface area contributed by atoms with E-state index in [2.05, 4.69) is 73.9 Å². The Labute approximate surface area is 123 Å². The summed E-state index contributed by atoms with van der Waals surface area (Å²) >= 11 is 0. The Morgan fingerprint density at radius 3 is 2.35 bits per heavy atom. The maximum atomic E-state index is 3.46. The zero-order chi connectivity index (χ0) is 14.2. The zero-order valence-corrected chi connectivity index (χ0v) is 12.6. The summed E-state index contributed by atoms with van der Waals surface area (Å²) in [7, 11) is 2.07. The summed E-state index contributed by atoms with van der Waals surface area (Å²) < 4.78 is 0. The van der Waals surface area contributed by atoms with E-state index in [1.807, 2.05) is 0 Å². The molecule has 0 spiro atoms. The number of hydrogen-bond acceptors (Lipinski definition) is 1. The van der Waals surface area contributed by atoms with Crippen molar-refractivity contribution in [3.8, 4) is 0 Å². The highest BCUT2D eigenvalue weighted by molar-refractivity contribution is 5.26. The van der Waals surface area contributed by atoms with E-state index in [0.717, 1.165) is 6.42 Å². The van der Waals surface area contributed by atoms with Crippen molar-refractivity contribution in [2.24, 2.45) is 0 Å². The molecule has 0 aromatic heterocycles. The molecule has 1 heteroatoms. The standard InChI is InChI=1S/C19H25N/c1-16-9-6-7-13-18(16)15-19(20-2)14-8-12-17-10-4-3-5-11-17/h3-7,9-11,13,19-20H,8,12,14-15H2,1-2H3. The molecule has 1 N–H and O–H groups in total. The van der Waals surface area contributed by atoms with E-state index in [1.54, 1.807) is 0 Å². The van der Waals surface area contributed by atoms with Crippen molar-refractivity contribution < 1.29 is 0 Å². The van der Waals surface area contributed by atoms with Crippen LogP contribution < -0.4 is 5.32 Å². The van der Waals surface area contributed by atoms with Gasteiger partial charge in [0.1, 0.15) is 0 Å². The third-order valence-electron chi connectivity index (χ3n) is 4.00. The molecule has 0 saturated heterocycles. The van der Waals surface area contributed by atoms with E-state index in [1.165, 1.54) is 36.0 Å². The first-order valence-corrected chi connectivity index (χ1v) is 7.55. The molecule has 0 saturated carbocycles. The molecule has 0 amide bonds. The van der Waals surface area contributed by atoms with Crippen molar-refractivity contribution in [2.45, 2.75) is 38.6 Å². The van der Waals surface area contributed by atoms with Crippen molar-refractivity contribution in [1.29, 1.82) is 0 Å². The van der Waals surface area contributed by atoms with E-state index >= 15 is 0 Å². The van der Waals surface area contributed by atoms with Crippen LogP contribution in [-0.2, 0) is 12.8 Å². The predicted octanol–water partition coefficient (Wildman–Crippen LogP) is 4.15. The molecule has 0 aliphatic rings. The highest BCUT2D eigenvalue weighted by Crippen LogP contribution is 2.13. The molecule has 0 aliphatic heterocycles. The summed E-state index contributed by atoms with van der Waals surface area (Å²) in [6.45, 7) is 2.20. The third kappa shape index (κ3) is 4.50. The van der Waals surface area contributed by atoms with Crippen molar-refractivity contribution in [3.05, 3.63) is 71.3 Å². The summed E-state index contributed by atoms with van der Waals surface area (Å²) in [5.41, 5.74) is 4.31. The van der Waals surface area contributed by atoms with Gasteiger partial charge < -0.3 is 5.32 Å². The van der Waals surface area contributed by atoms with Crippen LogP contribution in [0.15, 0.2) is 54.6 Å². The van der Waals surface area contributed by atoms with E-state index in [4.69, 9.17) is 0 Å². The SMILES string of the molecule is CNC(CCCc1ccccc1)Cc1ccccc1C. The van der Waals surface area contributed by atoms with Crippen LogP contribution in [0.2, 0.25) is 0 Å². The highest BCUT2D eigenvalue weighted by Gasteiger charge is 2.08. The lowest BCUT2D eigenvalue weighted by molar-refractivity contribution is 0.501. The second-order valence-electron chi connectivity index (χ2n) is 5.49. The van der Waals surface area contributed by atoms with E-state index < -0.39 is 0 Å². The van der Waals surface area contributed by atoms with Crippen LogP contribution in [0.5, 0.6) is 0 Å². The molecular formula is C19H25N. The first-order valence-electron chi connectivity index (χ1n) is 7.55. The number of benzene rings is 2. The molecule has 0 radical (unpaired) electrons. The quantitative estimate of drug-likeness (QED) is 0.794. The lowest BCUT2D eigenvalue weighted by Crippen LogP contribution is -2.27. The molecule has 0 aliphatic carbocycles. The van der Waals surface area contributed by atoms with Crippen molar-refractivity contribution >= 4 is 0 Å². The molecule has 1 unspecified atom stereocenters. The topological polar surface area (TPSA) is 12.0 Å². The largest absolute Gasteiger partial charge is 0.317 e. The van der Waals surface area contributed by atoms with Gasteiger partial charge in [0.05, 0.1) is 0 Å². The lowest BCUT2D eigenvalue weighted by atomic mass is 9.97. The average Bonchev–Trinajstić information content (AvgIpc) is 2.49. The second kappa shape index (κ2) is 7.86. The minimum Gasteiger partial charge on any atom is -0.317 e. The highest BCUT2D eigenvalue weighted by atomic mass is 14.9. The lowest BCUT2D eigenvalue weighted by Gasteiger charge is -2.17. The van der Waals surface area contributed by atoms with Crippen molar-refractivity contribution in [2.75, 3.05) is 7.05 Å². The Morgan fingerprint density at radius 1 is 0.950 bits per heavy atom. The van der Waals surface area contributed by atoms with Crippen LogP contribution in [0.1, 0.15) is 29.5 Å². The Balaban J connectivity index is 1.82. The maximum Gasteiger partial charge on any atom is 0.0105 e. The normalized spacial score (nSPS) is 12.3. The number of nitrogens with one attached hydrogen (secondary N) is 1. The minimum atomic E-state index is 0.569. The molecule has 0 bridgehead atoms. The number of likely N-dealkylation sites (N-methyl/N-ethyl adjacent to an activating group) is 1. The van der Waals surface area contributed by atoms with Gasteiger partial charge >= 0.3 is 0 Å². The van der Waals surface area contributed by atoms with Gasteiger partial charge in [0.15, 0.2) is 0 Å². The monoisotopic (exact) mass is 267 g/mol. The molecule has 0 heterocycles. The van der Waals surface area contributed by atoms with E-state index in [0.29, 0.717) is 6.04 Å². The molecule has 1 nitrogen and oxygen atoms in total. The number of aryl methyl sites for hydroxylation is 2. The van der Waals surface area contributed by atoms with Gasteiger partial charge in [-0.25, -0.2) is 0 Å². The Hall–Kier alpha value is -1.60. The summed E-state index contributed by atoms with van der Waals surface area (Å²) in [6, 6.07) is 20.0. The Kier molecular flexibility index (Phi) is 5.82. The van der Waals surface area contributed by atoms with Crippen molar-refractivity contribution in [1.82, 2.24) is 5.32 Å². The van der Waals surface area contributed by atoms with Crippen LogP contribution in [0, 0.1) is 6.92 Å². The fraction of sp³-hybridized carbons (Fsp3) is 0.368. The fourth-order valence-corrected chi connectivity index (χ4v) is 2.65. The molecule has 0 fully saturated rings. The second-order valence-corrected chi connectivity index (χ2v) is 5.49. The van der Waals surface area contributed by atoms with E-state index in [9.17, 15) is 0 Å². The van der Waals surface area contributed by atoms with Crippen molar-refractivity contribution in [3.63, 3.8) is 0 Å². The van der Waals surface area contributed by atoms with Crippen LogP contribution >= 0.6 is 0 Å². The smallest absolute Gasteiger partial charge is 0.0105 e. The number of hydrogen-bond donors (Lipinski definition) is 1. The van der Waals surface area contributed by atoms with Gasteiger partial charge in [-0.05, 0) is 56.3 Å². The summed E-state index contributed by atoms with van der Waals surface area (Å²) in [5.74, 6) is 0. The van der Waals surface area contributed by atoms with Gasteiger partial charge in [-0.15, -0.1) is 0 Å². The van der Waals surface area contributed by atoms with Crippen LogP contribution in [0.4, 0.5) is 0 Å². The van der Waals surface area contributed by atoms with Gasteiger partial charge in [0.2, 0.25) is 0 Å². The minimum absolute atomic E-state index is 0.569. The van der Waals surface area contributed by atoms with Crippen LogP contribution in [0.25, 0.3) is 0 Å². The van der Waals surface area contributed by atoms with Crippen LogP contribution in [0.3, 0.4) is 0 Å². The van der Waals surface area contributed by atoms with Gasteiger partial charge in [-0.2, -0.15) is 0 Å². The molecule has 1 atom stereocenters. The predicted molar refractivity (Wildman–Crippen MR) is 87.1 cm³/mol. The Morgan fingerprint density at radius 2 is 1.65 bits per heavy atom. The molecule has 106 valence electrons. The first-order chi connectivity index (χ1) is 9.79. The Bertz CT molecular complexity index is 504. The molecule has 20 heavy (non-hydrogen) atoms. The van der Waals surface area contributed by atoms with Crippen LogP contribution in [-0.4, -0.2) is 13.1 Å².